The summed E-state index contributed by atoms with van der Waals surface area (Å²) >= 11 is 0. The van der Waals surface area contributed by atoms with Crippen LogP contribution >= 0.6 is 0 Å². The van der Waals surface area contributed by atoms with Crippen molar-refractivity contribution in [3.05, 3.63) is 35.1 Å². The van der Waals surface area contributed by atoms with Gasteiger partial charge in [-0.05, 0) is 32.4 Å². The summed E-state index contributed by atoms with van der Waals surface area (Å²) in [6.45, 7) is 2.50. The van der Waals surface area contributed by atoms with Crippen LogP contribution in [0.15, 0.2) is 12.1 Å². The van der Waals surface area contributed by atoms with Gasteiger partial charge >= 0.3 is 5.97 Å². The average molecular weight is 287 g/mol. The highest BCUT2D eigenvalue weighted by Crippen LogP contribution is 2.25. The summed E-state index contributed by atoms with van der Waals surface area (Å²) in [5.74, 6) is -4.28. The van der Waals surface area contributed by atoms with Crippen molar-refractivity contribution in [3.63, 3.8) is 0 Å². The summed E-state index contributed by atoms with van der Waals surface area (Å²) in [7, 11) is 0. The molecule has 0 bridgehead atoms. The molecule has 1 N–H and O–H groups in total. The molecule has 1 fully saturated rings. The Morgan fingerprint density at radius 3 is 2.55 bits per heavy atom. The maximum absolute atomic E-state index is 13.6. The zero-order valence-corrected chi connectivity index (χ0v) is 11.1. The monoisotopic (exact) mass is 287 g/mol. The summed E-state index contributed by atoms with van der Waals surface area (Å²) in [5, 5.41) is 8.97. The average Bonchev–Trinajstić information content (AvgIpc) is 2.37. The second kappa shape index (κ2) is 5.83. The quantitative estimate of drug-likeness (QED) is 0.869. The Balaban J connectivity index is 2.08. The van der Waals surface area contributed by atoms with E-state index in [1.807, 2.05) is 11.8 Å². The number of benzene rings is 1. The fourth-order valence-corrected chi connectivity index (χ4v) is 2.58. The molecular weight excluding hydrogens is 271 g/mol. The van der Waals surface area contributed by atoms with Crippen LogP contribution in [0.4, 0.5) is 13.2 Å². The molecule has 0 aromatic heterocycles. The van der Waals surface area contributed by atoms with Crippen molar-refractivity contribution in [2.45, 2.75) is 32.4 Å². The number of aliphatic carboxylic acids is 1. The van der Waals surface area contributed by atoms with Gasteiger partial charge < -0.3 is 5.11 Å². The maximum Gasteiger partial charge on any atom is 0.306 e. The van der Waals surface area contributed by atoms with Crippen molar-refractivity contribution in [2.24, 2.45) is 5.92 Å². The fraction of sp³-hybridized carbons (Fsp3) is 0.500. The number of rotatable bonds is 3. The van der Waals surface area contributed by atoms with Crippen LogP contribution in [0.3, 0.4) is 0 Å². The van der Waals surface area contributed by atoms with Gasteiger partial charge in [0.25, 0.3) is 0 Å². The molecule has 0 aliphatic carbocycles. The summed E-state index contributed by atoms with van der Waals surface area (Å²) in [4.78, 5) is 12.8. The van der Waals surface area contributed by atoms with E-state index in [1.165, 1.54) is 0 Å². The number of hydrogen-bond donors (Lipinski definition) is 1. The third-order valence-electron chi connectivity index (χ3n) is 3.83. The van der Waals surface area contributed by atoms with Crippen molar-refractivity contribution in [1.29, 1.82) is 0 Å². The molecule has 1 aliphatic rings. The van der Waals surface area contributed by atoms with Gasteiger partial charge in [0, 0.05) is 24.2 Å². The van der Waals surface area contributed by atoms with E-state index in [1.54, 1.807) is 0 Å². The molecule has 0 spiro atoms. The number of carbonyl (C=O) groups is 1. The van der Waals surface area contributed by atoms with Crippen LogP contribution in [-0.4, -0.2) is 28.6 Å². The van der Waals surface area contributed by atoms with E-state index in [9.17, 15) is 18.0 Å². The fourth-order valence-electron chi connectivity index (χ4n) is 2.58. The van der Waals surface area contributed by atoms with Crippen molar-refractivity contribution < 1.29 is 23.1 Å². The summed E-state index contributed by atoms with van der Waals surface area (Å²) in [6, 6.07) is 1.36. The van der Waals surface area contributed by atoms with Crippen LogP contribution in [-0.2, 0) is 11.3 Å². The predicted molar refractivity (Wildman–Crippen MR) is 66.5 cm³/mol. The van der Waals surface area contributed by atoms with Crippen molar-refractivity contribution in [1.82, 2.24) is 4.90 Å². The highest BCUT2D eigenvalue weighted by Gasteiger charge is 2.30. The first-order valence-corrected chi connectivity index (χ1v) is 6.48. The van der Waals surface area contributed by atoms with E-state index in [4.69, 9.17) is 5.11 Å². The molecule has 2 atom stereocenters. The topological polar surface area (TPSA) is 40.5 Å². The number of carboxylic acids is 1. The number of piperidine rings is 1. The van der Waals surface area contributed by atoms with Gasteiger partial charge in [0.1, 0.15) is 5.82 Å². The molecule has 0 saturated carbocycles. The van der Waals surface area contributed by atoms with Crippen molar-refractivity contribution >= 4 is 5.97 Å². The van der Waals surface area contributed by atoms with E-state index < -0.39 is 29.3 Å². The van der Waals surface area contributed by atoms with Gasteiger partial charge in [-0.25, -0.2) is 13.2 Å². The molecule has 20 heavy (non-hydrogen) atoms. The van der Waals surface area contributed by atoms with Gasteiger partial charge in [-0.3, -0.25) is 9.69 Å². The molecule has 110 valence electrons. The predicted octanol–water partition coefficient (Wildman–Crippen LogP) is 2.79. The minimum atomic E-state index is -1.20. The zero-order valence-electron chi connectivity index (χ0n) is 11.1. The number of halogens is 3. The van der Waals surface area contributed by atoms with Gasteiger partial charge in [0.05, 0.1) is 5.92 Å². The van der Waals surface area contributed by atoms with E-state index in [2.05, 4.69) is 0 Å². The minimum absolute atomic E-state index is 0.0441. The lowest BCUT2D eigenvalue weighted by Gasteiger charge is -2.36. The van der Waals surface area contributed by atoms with Crippen LogP contribution in [0, 0.1) is 23.4 Å². The van der Waals surface area contributed by atoms with E-state index in [0.29, 0.717) is 25.5 Å². The van der Waals surface area contributed by atoms with Gasteiger partial charge in [-0.2, -0.15) is 0 Å². The SMILES string of the molecule is CC1CC(C(=O)O)CCN1Cc1cc(F)c(F)cc1F. The second-order valence-electron chi connectivity index (χ2n) is 5.24. The molecule has 1 aromatic carbocycles. The molecule has 6 heteroatoms. The zero-order chi connectivity index (χ0) is 14.9. The van der Waals surface area contributed by atoms with Crippen LogP contribution in [0.1, 0.15) is 25.3 Å². The first kappa shape index (κ1) is 14.8. The van der Waals surface area contributed by atoms with E-state index >= 15 is 0 Å². The largest absolute Gasteiger partial charge is 0.481 e. The Labute approximate surface area is 115 Å². The Hall–Kier alpha value is -1.56. The lowest BCUT2D eigenvalue weighted by molar-refractivity contribution is -0.144. The minimum Gasteiger partial charge on any atom is -0.481 e. The first-order valence-electron chi connectivity index (χ1n) is 6.48. The molecule has 0 amide bonds. The molecule has 1 heterocycles. The Bertz CT molecular complexity index is 521. The third-order valence-corrected chi connectivity index (χ3v) is 3.83. The molecule has 1 aromatic rings. The third kappa shape index (κ3) is 3.12. The summed E-state index contributed by atoms with van der Waals surface area (Å²) < 4.78 is 39.6. The van der Waals surface area contributed by atoms with E-state index in [-0.39, 0.29) is 18.2 Å². The number of hydrogen-bond acceptors (Lipinski definition) is 2. The lowest BCUT2D eigenvalue weighted by atomic mass is 9.91. The Kier molecular flexibility index (Phi) is 4.32. The molecular formula is C14H16F3NO2. The highest BCUT2D eigenvalue weighted by atomic mass is 19.2. The molecule has 0 radical (unpaired) electrons. The molecule has 1 aliphatic heterocycles. The summed E-state index contributed by atoms with van der Waals surface area (Å²) in [5.41, 5.74) is 0.0875. The van der Waals surface area contributed by atoms with E-state index in [0.717, 1.165) is 6.07 Å². The lowest BCUT2D eigenvalue weighted by Crippen LogP contribution is -2.42. The molecule has 2 rings (SSSR count). The number of carboxylic acid groups (broad SMARTS) is 1. The van der Waals surface area contributed by atoms with Crippen molar-refractivity contribution in [3.8, 4) is 0 Å². The number of likely N-dealkylation sites (tertiary alicyclic amines) is 1. The summed E-state index contributed by atoms with van der Waals surface area (Å²) in [6.07, 6.45) is 0.950. The van der Waals surface area contributed by atoms with Crippen LogP contribution in [0.25, 0.3) is 0 Å². The maximum atomic E-state index is 13.6. The van der Waals surface area contributed by atoms with Gasteiger partial charge in [0.2, 0.25) is 0 Å². The smallest absolute Gasteiger partial charge is 0.306 e. The molecule has 1 saturated heterocycles. The van der Waals surface area contributed by atoms with Crippen LogP contribution in [0.5, 0.6) is 0 Å². The highest BCUT2D eigenvalue weighted by molar-refractivity contribution is 5.70. The first-order chi connectivity index (χ1) is 9.38. The van der Waals surface area contributed by atoms with Gasteiger partial charge in [-0.15, -0.1) is 0 Å². The second-order valence-corrected chi connectivity index (χ2v) is 5.24. The van der Waals surface area contributed by atoms with Crippen molar-refractivity contribution in [2.75, 3.05) is 6.54 Å². The molecule has 3 nitrogen and oxygen atoms in total. The van der Waals surface area contributed by atoms with Gasteiger partial charge in [0.15, 0.2) is 11.6 Å². The normalized spacial score (nSPS) is 23.8. The standard InChI is InChI=1S/C14H16F3NO2/c1-8-4-9(14(19)20)2-3-18(8)7-10-5-12(16)13(17)6-11(10)15/h5-6,8-9H,2-4,7H2,1H3,(H,19,20). The Morgan fingerprint density at radius 2 is 1.95 bits per heavy atom. The molecule has 2 unspecified atom stereocenters. The Morgan fingerprint density at radius 1 is 1.30 bits per heavy atom. The van der Waals surface area contributed by atoms with Gasteiger partial charge in [-0.1, -0.05) is 0 Å². The number of nitrogens with zero attached hydrogens (tertiary/aromatic N) is 1. The van der Waals surface area contributed by atoms with Crippen LogP contribution < -0.4 is 0 Å². The van der Waals surface area contributed by atoms with Crippen LogP contribution in [0.2, 0.25) is 0 Å².